The Morgan fingerprint density at radius 3 is 2.82 bits per heavy atom. The van der Waals surface area contributed by atoms with Gasteiger partial charge in [-0.1, -0.05) is 24.8 Å². The number of aromatic nitrogens is 2. The summed E-state index contributed by atoms with van der Waals surface area (Å²) in [6.07, 6.45) is 3.02. The molecule has 0 aliphatic carbocycles. The van der Waals surface area contributed by atoms with Crippen LogP contribution in [0.15, 0.2) is 11.5 Å². The normalized spacial score (nSPS) is 12.5. The van der Waals surface area contributed by atoms with E-state index in [-0.39, 0.29) is 0 Å². The van der Waals surface area contributed by atoms with E-state index in [1.807, 2.05) is 11.5 Å². The molecule has 96 valence electrons. The van der Waals surface area contributed by atoms with Gasteiger partial charge in [-0.2, -0.15) is 0 Å². The zero-order valence-corrected chi connectivity index (χ0v) is 12.0. The molecule has 1 heterocycles. The molecule has 5 nitrogen and oxygen atoms in total. The lowest BCUT2D eigenvalue weighted by Gasteiger charge is -2.15. The maximum Gasteiger partial charge on any atom is 0.124 e. The minimum absolute atomic E-state index is 0.503. The first-order chi connectivity index (χ1) is 7.94. The van der Waals surface area contributed by atoms with E-state index in [4.69, 9.17) is 9.94 Å². The topological polar surface area (TPSA) is 59.6 Å². The van der Waals surface area contributed by atoms with Crippen molar-refractivity contribution >= 4 is 14.3 Å². The zero-order valence-electron chi connectivity index (χ0n) is 11.0. The van der Waals surface area contributed by atoms with Crippen LogP contribution in [-0.2, 0) is 11.5 Å². The Labute approximate surface area is 103 Å². The second kappa shape index (κ2) is 5.97. The van der Waals surface area contributed by atoms with Gasteiger partial charge in [0.05, 0.1) is 12.5 Å². The Kier molecular flexibility index (Phi) is 4.89. The number of imidazole rings is 1. The number of ether oxygens (including phenoxy) is 1. The predicted octanol–water partition coefficient (Wildman–Crippen LogP) is 2.31. The molecule has 1 aromatic heterocycles. The third kappa shape index (κ3) is 4.70. The standard InChI is InChI=1S/C11H21N3O2Si/c1-10-11(7-13-15)12-8-14(10)9-16-5-6-17(2,3)4/h7-8,15H,5-6,9H2,1-4H3/b13-7+. The molecule has 0 saturated carbocycles. The summed E-state index contributed by atoms with van der Waals surface area (Å²) >= 11 is 0. The van der Waals surface area contributed by atoms with Gasteiger partial charge in [-0.25, -0.2) is 4.98 Å². The lowest BCUT2D eigenvalue weighted by molar-refractivity contribution is 0.0859. The van der Waals surface area contributed by atoms with Crippen LogP contribution in [0, 0.1) is 6.92 Å². The van der Waals surface area contributed by atoms with Crippen molar-refractivity contribution in [3.8, 4) is 0 Å². The number of nitrogens with zero attached hydrogens (tertiary/aromatic N) is 3. The van der Waals surface area contributed by atoms with Crippen LogP contribution >= 0.6 is 0 Å². The number of hydrogen-bond donors (Lipinski definition) is 1. The van der Waals surface area contributed by atoms with E-state index in [9.17, 15) is 0 Å². The van der Waals surface area contributed by atoms with E-state index >= 15 is 0 Å². The van der Waals surface area contributed by atoms with Gasteiger partial charge in [0.15, 0.2) is 0 Å². The van der Waals surface area contributed by atoms with Crippen LogP contribution in [0.4, 0.5) is 0 Å². The third-order valence-electron chi connectivity index (χ3n) is 2.54. The van der Waals surface area contributed by atoms with Gasteiger partial charge in [-0.3, -0.25) is 0 Å². The van der Waals surface area contributed by atoms with E-state index in [1.54, 1.807) is 6.33 Å². The first-order valence-electron chi connectivity index (χ1n) is 5.71. The molecule has 0 bridgehead atoms. The van der Waals surface area contributed by atoms with E-state index in [1.165, 1.54) is 6.21 Å². The van der Waals surface area contributed by atoms with Gasteiger partial charge >= 0.3 is 0 Å². The van der Waals surface area contributed by atoms with Crippen LogP contribution in [0.3, 0.4) is 0 Å². The van der Waals surface area contributed by atoms with Crippen LogP contribution in [0.2, 0.25) is 25.7 Å². The Morgan fingerprint density at radius 2 is 2.24 bits per heavy atom. The molecule has 0 atom stereocenters. The van der Waals surface area contributed by atoms with Crippen molar-refractivity contribution in [2.75, 3.05) is 6.61 Å². The molecule has 0 radical (unpaired) electrons. The number of oxime groups is 1. The van der Waals surface area contributed by atoms with E-state index in [2.05, 4.69) is 29.8 Å². The lowest BCUT2D eigenvalue weighted by atomic mass is 10.4. The quantitative estimate of drug-likeness (QED) is 0.279. The molecule has 0 spiro atoms. The highest BCUT2D eigenvalue weighted by Crippen LogP contribution is 2.09. The molecule has 0 unspecified atom stereocenters. The molecular formula is C11H21N3O2Si. The highest BCUT2D eigenvalue weighted by molar-refractivity contribution is 6.76. The van der Waals surface area contributed by atoms with Crippen molar-refractivity contribution < 1.29 is 9.94 Å². The van der Waals surface area contributed by atoms with Gasteiger partial charge in [-0.15, -0.1) is 0 Å². The van der Waals surface area contributed by atoms with Crippen LogP contribution in [0.1, 0.15) is 11.4 Å². The number of rotatable bonds is 6. The number of hydrogen-bond acceptors (Lipinski definition) is 4. The Bertz CT molecular complexity index is 383. The van der Waals surface area contributed by atoms with Crippen molar-refractivity contribution in [2.45, 2.75) is 39.3 Å². The Hall–Kier alpha value is -1.14. The monoisotopic (exact) mass is 255 g/mol. The summed E-state index contributed by atoms with van der Waals surface area (Å²) in [7, 11) is -1.02. The first-order valence-corrected chi connectivity index (χ1v) is 9.41. The van der Waals surface area contributed by atoms with Crippen LogP contribution in [0.25, 0.3) is 0 Å². The van der Waals surface area contributed by atoms with Crippen LogP contribution < -0.4 is 0 Å². The smallest absolute Gasteiger partial charge is 0.124 e. The molecule has 6 heteroatoms. The van der Waals surface area contributed by atoms with Crippen molar-refractivity contribution in [3.63, 3.8) is 0 Å². The van der Waals surface area contributed by atoms with Crippen molar-refractivity contribution in [3.05, 3.63) is 17.7 Å². The Morgan fingerprint density at radius 1 is 1.53 bits per heavy atom. The molecule has 0 aliphatic rings. The minimum atomic E-state index is -1.02. The highest BCUT2D eigenvalue weighted by Gasteiger charge is 2.12. The summed E-state index contributed by atoms with van der Waals surface area (Å²) in [4.78, 5) is 4.12. The summed E-state index contributed by atoms with van der Waals surface area (Å²) in [5, 5.41) is 11.4. The van der Waals surface area contributed by atoms with E-state index in [0.717, 1.165) is 18.3 Å². The van der Waals surface area contributed by atoms with Crippen LogP contribution in [0.5, 0.6) is 0 Å². The lowest BCUT2D eigenvalue weighted by Crippen LogP contribution is -2.22. The van der Waals surface area contributed by atoms with E-state index in [0.29, 0.717) is 12.4 Å². The second-order valence-corrected chi connectivity index (χ2v) is 10.9. The predicted molar refractivity (Wildman–Crippen MR) is 70.4 cm³/mol. The summed E-state index contributed by atoms with van der Waals surface area (Å²) in [5.74, 6) is 0. The molecule has 17 heavy (non-hydrogen) atoms. The first kappa shape index (κ1) is 13.9. The highest BCUT2D eigenvalue weighted by atomic mass is 28.3. The molecule has 1 N–H and O–H groups in total. The van der Waals surface area contributed by atoms with Crippen LogP contribution in [-0.4, -0.2) is 35.7 Å². The molecule has 0 saturated heterocycles. The average Bonchev–Trinajstić information content (AvgIpc) is 2.55. The molecule has 0 aromatic carbocycles. The summed E-state index contributed by atoms with van der Waals surface area (Å²) < 4.78 is 7.52. The van der Waals surface area contributed by atoms with Gasteiger partial charge in [0.25, 0.3) is 0 Å². The largest absolute Gasteiger partial charge is 0.411 e. The molecule has 1 rings (SSSR count). The van der Waals surface area contributed by atoms with Crippen molar-refractivity contribution in [2.24, 2.45) is 5.16 Å². The van der Waals surface area contributed by atoms with Gasteiger partial charge in [0.1, 0.15) is 12.4 Å². The zero-order chi connectivity index (χ0) is 12.9. The minimum Gasteiger partial charge on any atom is -0.411 e. The van der Waals surface area contributed by atoms with Gasteiger partial charge in [-0.05, 0) is 13.0 Å². The van der Waals surface area contributed by atoms with Gasteiger partial charge in [0, 0.05) is 20.4 Å². The molecular weight excluding hydrogens is 234 g/mol. The molecule has 0 fully saturated rings. The summed E-state index contributed by atoms with van der Waals surface area (Å²) in [6.45, 7) is 10.2. The second-order valence-electron chi connectivity index (χ2n) is 5.28. The summed E-state index contributed by atoms with van der Waals surface area (Å²) in [5.41, 5.74) is 1.61. The fourth-order valence-corrected chi connectivity index (χ4v) is 2.07. The Balaban J connectivity index is 2.42. The maximum atomic E-state index is 8.45. The van der Waals surface area contributed by atoms with E-state index < -0.39 is 8.07 Å². The SMILES string of the molecule is Cc1c(/C=N/O)ncn1COCC[Si](C)(C)C. The third-order valence-corrected chi connectivity index (χ3v) is 4.25. The van der Waals surface area contributed by atoms with Crippen molar-refractivity contribution in [1.29, 1.82) is 0 Å². The fraction of sp³-hybridized carbons (Fsp3) is 0.636. The molecule has 0 aliphatic heterocycles. The van der Waals surface area contributed by atoms with Crippen molar-refractivity contribution in [1.82, 2.24) is 9.55 Å². The summed E-state index contributed by atoms with van der Waals surface area (Å²) in [6, 6.07) is 1.16. The van der Waals surface area contributed by atoms with Gasteiger partial charge < -0.3 is 14.5 Å². The molecule has 0 amide bonds. The fourth-order valence-electron chi connectivity index (χ4n) is 1.31. The molecule has 1 aromatic rings. The maximum absolute atomic E-state index is 8.45. The average molecular weight is 255 g/mol. The van der Waals surface area contributed by atoms with Gasteiger partial charge in [0.2, 0.25) is 0 Å².